The van der Waals surface area contributed by atoms with E-state index in [9.17, 15) is 5.11 Å². The molecular formula is C14H21N5OS. The number of rotatable bonds is 5. The molecule has 1 aliphatic carbocycles. The van der Waals surface area contributed by atoms with Crippen LogP contribution < -0.4 is 16.2 Å². The monoisotopic (exact) mass is 307 g/mol. The minimum absolute atomic E-state index is 0.123. The van der Waals surface area contributed by atoms with E-state index in [4.69, 9.17) is 5.84 Å². The minimum atomic E-state index is 0.123. The van der Waals surface area contributed by atoms with Crippen molar-refractivity contribution in [2.24, 2.45) is 5.84 Å². The molecule has 6 nitrogen and oxygen atoms in total. The molecule has 0 unspecified atom stereocenters. The van der Waals surface area contributed by atoms with Crippen LogP contribution in [0.1, 0.15) is 32.1 Å². The number of aliphatic hydroxyl groups excluding tert-OH is 1. The molecule has 0 aliphatic heterocycles. The number of fused-ring (bicyclic) bond motifs is 1. The summed E-state index contributed by atoms with van der Waals surface area (Å²) in [6.07, 6.45) is 6.09. The summed E-state index contributed by atoms with van der Waals surface area (Å²) < 4.78 is 0. The Hall–Kier alpha value is -1.44. The van der Waals surface area contributed by atoms with Gasteiger partial charge < -0.3 is 10.0 Å². The highest BCUT2D eigenvalue weighted by Crippen LogP contribution is 2.33. The van der Waals surface area contributed by atoms with Crippen LogP contribution in [0.2, 0.25) is 0 Å². The van der Waals surface area contributed by atoms with Gasteiger partial charge in [0.25, 0.3) is 0 Å². The van der Waals surface area contributed by atoms with Crippen molar-refractivity contribution < 1.29 is 5.11 Å². The SMILES string of the molecule is NNc1nc(N(CCO)C2CCCCC2)c2ccsc2n1. The molecule has 1 aliphatic rings. The molecule has 21 heavy (non-hydrogen) atoms. The quantitative estimate of drug-likeness (QED) is 0.579. The highest BCUT2D eigenvalue weighted by atomic mass is 32.1. The Kier molecular flexibility index (Phi) is 4.52. The molecule has 0 saturated heterocycles. The van der Waals surface area contributed by atoms with Crippen LogP contribution in [-0.4, -0.2) is 34.3 Å². The molecule has 1 fully saturated rings. The summed E-state index contributed by atoms with van der Waals surface area (Å²) in [7, 11) is 0. The Labute approximate surface area is 128 Å². The van der Waals surface area contributed by atoms with Gasteiger partial charge in [0.15, 0.2) is 0 Å². The molecule has 2 aromatic heterocycles. The van der Waals surface area contributed by atoms with Crippen LogP contribution in [-0.2, 0) is 0 Å². The first kappa shape index (κ1) is 14.5. The molecule has 0 bridgehead atoms. The Morgan fingerprint density at radius 3 is 2.86 bits per heavy atom. The molecule has 2 aromatic rings. The fourth-order valence-corrected chi connectivity index (χ4v) is 3.84. The lowest BCUT2D eigenvalue weighted by molar-refractivity contribution is 0.289. The second-order valence-corrected chi connectivity index (χ2v) is 6.26. The molecule has 0 spiro atoms. The van der Waals surface area contributed by atoms with Gasteiger partial charge in [-0.3, -0.25) is 5.43 Å². The van der Waals surface area contributed by atoms with Crippen molar-refractivity contribution in [1.82, 2.24) is 9.97 Å². The summed E-state index contributed by atoms with van der Waals surface area (Å²) in [5.74, 6) is 6.81. The Morgan fingerprint density at radius 2 is 2.14 bits per heavy atom. The van der Waals surface area contributed by atoms with E-state index >= 15 is 0 Å². The van der Waals surface area contributed by atoms with Gasteiger partial charge in [0.1, 0.15) is 10.6 Å². The third kappa shape index (κ3) is 2.95. The van der Waals surface area contributed by atoms with Gasteiger partial charge >= 0.3 is 0 Å². The first-order valence-corrected chi connectivity index (χ1v) is 8.31. The number of nitrogens with one attached hydrogen (secondary N) is 1. The number of nitrogen functional groups attached to an aromatic ring is 1. The molecule has 7 heteroatoms. The van der Waals surface area contributed by atoms with Gasteiger partial charge in [-0.1, -0.05) is 19.3 Å². The normalized spacial score (nSPS) is 16.3. The third-order valence-electron chi connectivity index (χ3n) is 4.06. The molecule has 4 N–H and O–H groups in total. The maximum atomic E-state index is 9.46. The van der Waals surface area contributed by atoms with E-state index in [-0.39, 0.29) is 6.61 Å². The molecule has 0 amide bonds. The van der Waals surface area contributed by atoms with Gasteiger partial charge in [-0.15, -0.1) is 11.3 Å². The molecule has 2 heterocycles. The Balaban J connectivity index is 2.02. The predicted octanol–water partition coefficient (Wildman–Crippen LogP) is 2.11. The summed E-state index contributed by atoms with van der Waals surface area (Å²) in [6, 6.07) is 2.48. The van der Waals surface area contributed by atoms with Gasteiger partial charge in [-0.2, -0.15) is 4.98 Å². The third-order valence-corrected chi connectivity index (χ3v) is 4.87. The summed E-state index contributed by atoms with van der Waals surface area (Å²) in [5, 5.41) is 12.5. The number of nitrogens with two attached hydrogens (primary N) is 1. The zero-order valence-electron chi connectivity index (χ0n) is 12.0. The van der Waals surface area contributed by atoms with Crippen molar-refractivity contribution in [3.63, 3.8) is 0 Å². The predicted molar refractivity (Wildman–Crippen MR) is 86.5 cm³/mol. The van der Waals surface area contributed by atoms with Crippen LogP contribution >= 0.6 is 11.3 Å². The average molecular weight is 307 g/mol. The minimum Gasteiger partial charge on any atom is -0.395 e. The van der Waals surface area contributed by atoms with Gasteiger partial charge in [0.2, 0.25) is 5.95 Å². The van der Waals surface area contributed by atoms with Crippen molar-refractivity contribution in [1.29, 1.82) is 0 Å². The largest absolute Gasteiger partial charge is 0.395 e. The highest BCUT2D eigenvalue weighted by molar-refractivity contribution is 7.16. The van der Waals surface area contributed by atoms with Crippen LogP contribution in [0.15, 0.2) is 11.4 Å². The topological polar surface area (TPSA) is 87.3 Å². The molecule has 3 rings (SSSR count). The Morgan fingerprint density at radius 1 is 1.33 bits per heavy atom. The fourth-order valence-electron chi connectivity index (χ4n) is 3.09. The molecule has 0 atom stereocenters. The summed E-state index contributed by atoms with van der Waals surface area (Å²) >= 11 is 1.58. The zero-order chi connectivity index (χ0) is 14.7. The molecular weight excluding hydrogens is 286 g/mol. The maximum absolute atomic E-state index is 9.46. The second-order valence-electron chi connectivity index (χ2n) is 5.36. The van der Waals surface area contributed by atoms with E-state index in [1.54, 1.807) is 11.3 Å². The van der Waals surface area contributed by atoms with Crippen molar-refractivity contribution in [2.45, 2.75) is 38.1 Å². The fraction of sp³-hybridized carbons (Fsp3) is 0.571. The van der Waals surface area contributed by atoms with Gasteiger partial charge in [0, 0.05) is 12.6 Å². The summed E-state index contributed by atoms with van der Waals surface area (Å²) in [6.45, 7) is 0.716. The average Bonchev–Trinajstić information content (AvgIpc) is 3.01. The van der Waals surface area contributed by atoms with E-state index in [0.717, 1.165) is 28.9 Å². The first-order chi connectivity index (χ1) is 10.3. The number of hydrogen-bond acceptors (Lipinski definition) is 7. The number of thiophene rings is 1. The van der Waals surface area contributed by atoms with E-state index in [0.29, 0.717) is 18.5 Å². The van der Waals surface area contributed by atoms with E-state index in [1.807, 2.05) is 11.4 Å². The number of hydrogen-bond donors (Lipinski definition) is 3. The number of aromatic nitrogens is 2. The van der Waals surface area contributed by atoms with Crippen LogP contribution in [0.25, 0.3) is 10.2 Å². The van der Waals surface area contributed by atoms with E-state index < -0.39 is 0 Å². The first-order valence-electron chi connectivity index (χ1n) is 7.43. The lowest BCUT2D eigenvalue weighted by Crippen LogP contribution is -2.39. The molecule has 114 valence electrons. The van der Waals surface area contributed by atoms with Crippen molar-refractivity contribution >= 4 is 33.3 Å². The lowest BCUT2D eigenvalue weighted by Gasteiger charge is -2.35. The van der Waals surface area contributed by atoms with Gasteiger partial charge in [0.05, 0.1) is 12.0 Å². The standard InChI is InChI=1S/C14H21N5OS/c15-18-14-16-12(11-6-9-21-13(11)17-14)19(7-8-20)10-4-2-1-3-5-10/h6,9-10,20H,1-5,7-8,15H2,(H,16,17,18). The lowest BCUT2D eigenvalue weighted by atomic mass is 9.94. The van der Waals surface area contributed by atoms with Gasteiger partial charge in [-0.05, 0) is 24.3 Å². The molecule has 0 aromatic carbocycles. The summed E-state index contributed by atoms with van der Waals surface area (Å²) in [4.78, 5) is 12.1. The van der Waals surface area contributed by atoms with Crippen LogP contribution in [0.5, 0.6) is 0 Å². The van der Waals surface area contributed by atoms with Crippen LogP contribution in [0.3, 0.4) is 0 Å². The second kappa shape index (κ2) is 6.55. The Bertz CT molecular complexity index is 596. The van der Waals surface area contributed by atoms with Crippen molar-refractivity contribution in [3.8, 4) is 0 Å². The molecule has 1 saturated carbocycles. The zero-order valence-corrected chi connectivity index (χ0v) is 12.8. The van der Waals surface area contributed by atoms with Crippen LogP contribution in [0, 0.1) is 0 Å². The smallest absolute Gasteiger partial charge is 0.240 e. The van der Waals surface area contributed by atoms with Crippen molar-refractivity contribution in [2.75, 3.05) is 23.5 Å². The van der Waals surface area contributed by atoms with E-state index in [2.05, 4.69) is 20.3 Å². The molecule has 0 radical (unpaired) electrons. The summed E-state index contributed by atoms with van der Waals surface area (Å²) in [5.41, 5.74) is 2.54. The number of anilines is 2. The number of hydrazine groups is 1. The van der Waals surface area contributed by atoms with Crippen molar-refractivity contribution in [3.05, 3.63) is 11.4 Å². The maximum Gasteiger partial charge on any atom is 0.240 e. The number of nitrogens with zero attached hydrogens (tertiary/aromatic N) is 3. The van der Waals surface area contributed by atoms with Gasteiger partial charge in [-0.25, -0.2) is 10.8 Å². The van der Waals surface area contributed by atoms with E-state index in [1.165, 1.54) is 19.3 Å². The highest BCUT2D eigenvalue weighted by Gasteiger charge is 2.24. The number of aliphatic hydroxyl groups is 1. The van der Waals surface area contributed by atoms with Crippen LogP contribution in [0.4, 0.5) is 11.8 Å².